The molecule has 0 atom stereocenters. The smallest absolute Gasteiger partial charge is 0.326 e. The van der Waals surface area contributed by atoms with Crippen molar-refractivity contribution in [2.24, 2.45) is 7.05 Å². The summed E-state index contributed by atoms with van der Waals surface area (Å²) in [6.45, 7) is 0.228. The van der Waals surface area contributed by atoms with E-state index in [1.807, 2.05) is 0 Å². The Kier molecular flexibility index (Phi) is 4.26. The Labute approximate surface area is 141 Å². The molecule has 8 nitrogen and oxygen atoms in total. The Hall–Kier alpha value is -2.81. The highest BCUT2D eigenvalue weighted by molar-refractivity contribution is 7.08. The van der Waals surface area contributed by atoms with Gasteiger partial charge >= 0.3 is 5.69 Å². The molecular formula is C15H16N4O4S. The molecule has 0 saturated heterocycles. The zero-order valence-electron chi connectivity index (χ0n) is 13.4. The fraction of sp³-hybridized carbons (Fsp3) is 0.267. The summed E-state index contributed by atoms with van der Waals surface area (Å²) >= 11 is 1.16. The van der Waals surface area contributed by atoms with Gasteiger partial charge in [-0.2, -0.15) is 4.37 Å². The number of methoxy groups -OCH3 is 2. The van der Waals surface area contributed by atoms with Crippen LogP contribution >= 0.6 is 11.5 Å². The number of nitrogens with zero attached hydrogens (tertiary/aromatic N) is 2. The third-order valence-electron chi connectivity index (χ3n) is 3.69. The fourth-order valence-electron chi connectivity index (χ4n) is 2.38. The maximum atomic E-state index is 12.4. The van der Waals surface area contributed by atoms with E-state index < -0.39 is 0 Å². The molecule has 2 heterocycles. The lowest BCUT2D eigenvalue weighted by molar-refractivity contribution is 0.0950. The Bertz CT molecular complexity index is 935. The van der Waals surface area contributed by atoms with Crippen molar-refractivity contribution >= 4 is 28.5 Å². The number of carbonyl (C=O) groups is 1. The van der Waals surface area contributed by atoms with Crippen LogP contribution in [0.5, 0.6) is 10.9 Å². The normalized spacial score (nSPS) is 10.8. The Balaban J connectivity index is 1.82. The molecule has 2 aromatic heterocycles. The van der Waals surface area contributed by atoms with Crippen molar-refractivity contribution in [2.75, 3.05) is 14.2 Å². The number of rotatable bonds is 5. The lowest BCUT2D eigenvalue weighted by Crippen LogP contribution is -2.23. The number of amides is 1. The van der Waals surface area contributed by atoms with Gasteiger partial charge in [-0.1, -0.05) is 0 Å². The molecule has 0 fully saturated rings. The zero-order valence-corrected chi connectivity index (χ0v) is 14.2. The Morgan fingerprint density at radius 1 is 1.38 bits per heavy atom. The van der Waals surface area contributed by atoms with Crippen LogP contribution in [0.3, 0.4) is 0 Å². The van der Waals surface area contributed by atoms with Gasteiger partial charge in [-0.3, -0.25) is 9.36 Å². The van der Waals surface area contributed by atoms with Crippen molar-refractivity contribution in [1.82, 2.24) is 19.2 Å². The van der Waals surface area contributed by atoms with E-state index in [-0.39, 0.29) is 18.1 Å². The van der Waals surface area contributed by atoms with E-state index in [1.165, 1.54) is 11.7 Å². The minimum Gasteiger partial charge on any atom is -0.486 e. The number of aryl methyl sites for hydroxylation is 1. The highest BCUT2D eigenvalue weighted by Crippen LogP contribution is 2.32. The van der Waals surface area contributed by atoms with Crippen molar-refractivity contribution in [3.63, 3.8) is 0 Å². The first-order valence-corrected chi connectivity index (χ1v) is 7.86. The number of nitrogens with one attached hydrogen (secondary N) is 2. The number of imidazole rings is 1. The average molecular weight is 348 g/mol. The molecule has 1 aromatic carbocycles. The van der Waals surface area contributed by atoms with E-state index in [0.29, 0.717) is 33.1 Å². The third kappa shape index (κ3) is 2.73. The molecule has 0 aliphatic carbocycles. The van der Waals surface area contributed by atoms with Crippen LogP contribution in [0.2, 0.25) is 0 Å². The van der Waals surface area contributed by atoms with Gasteiger partial charge < -0.3 is 19.8 Å². The van der Waals surface area contributed by atoms with E-state index in [2.05, 4.69) is 14.7 Å². The topological polar surface area (TPSA) is 98.2 Å². The van der Waals surface area contributed by atoms with Crippen LogP contribution in [0.4, 0.5) is 0 Å². The molecule has 3 aromatic rings. The number of benzene rings is 1. The lowest BCUT2D eigenvalue weighted by Gasteiger charge is -2.07. The molecular weight excluding hydrogens is 332 g/mol. The molecule has 0 bridgehead atoms. The van der Waals surface area contributed by atoms with Crippen LogP contribution in [-0.2, 0) is 13.6 Å². The number of H-pyrrole nitrogens is 1. The summed E-state index contributed by atoms with van der Waals surface area (Å²) in [4.78, 5) is 26.7. The summed E-state index contributed by atoms with van der Waals surface area (Å²) in [5.41, 5.74) is 2.28. The van der Waals surface area contributed by atoms with E-state index in [1.54, 1.807) is 32.4 Å². The summed E-state index contributed by atoms with van der Waals surface area (Å²) in [6.07, 6.45) is 0. The van der Waals surface area contributed by atoms with Gasteiger partial charge in [0.05, 0.1) is 37.4 Å². The second-order valence-corrected chi connectivity index (χ2v) is 5.80. The summed E-state index contributed by atoms with van der Waals surface area (Å²) in [7, 11) is 4.70. The maximum absolute atomic E-state index is 12.4. The standard InChI is InChI=1S/C15H16N4O4S/c1-19-11-6-8(4-5-10(11)17-15(19)21)12(20)16-7-9-13(22-2)18-24-14(9)23-3/h4-6H,7H2,1-3H3,(H,16,20)(H,17,21). The maximum Gasteiger partial charge on any atom is 0.326 e. The monoisotopic (exact) mass is 348 g/mol. The minimum absolute atomic E-state index is 0.221. The molecule has 1 amide bonds. The minimum atomic E-state index is -0.263. The van der Waals surface area contributed by atoms with E-state index in [0.717, 1.165) is 11.5 Å². The van der Waals surface area contributed by atoms with Crippen molar-refractivity contribution < 1.29 is 14.3 Å². The van der Waals surface area contributed by atoms with Gasteiger partial charge in [-0.15, -0.1) is 0 Å². The molecule has 0 unspecified atom stereocenters. The van der Waals surface area contributed by atoms with Gasteiger partial charge in [-0.25, -0.2) is 4.79 Å². The summed E-state index contributed by atoms with van der Waals surface area (Å²) in [5, 5.41) is 3.41. The van der Waals surface area contributed by atoms with Crippen LogP contribution < -0.4 is 20.5 Å². The second-order valence-electron chi connectivity index (χ2n) is 5.07. The highest BCUT2D eigenvalue weighted by atomic mass is 32.1. The summed E-state index contributed by atoms with van der Waals surface area (Å²) in [5.74, 6) is 0.168. The van der Waals surface area contributed by atoms with Crippen LogP contribution in [0, 0.1) is 0 Å². The molecule has 3 rings (SSSR count). The molecule has 2 N–H and O–H groups in total. The SMILES string of the molecule is COc1nsc(OC)c1CNC(=O)c1ccc2[nH]c(=O)n(C)c2c1. The van der Waals surface area contributed by atoms with Gasteiger partial charge in [0.2, 0.25) is 10.9 Å². The predicted molar refractivity (Wildman–Crippen MR) is 89.9 cm³/mol. The van der Waals surface area contributed by atoms with Gasteiger partial charge in [0.15, 0.2) is 0 Å². The molecule has 24 heavy (non-hydrogen) atoms. The molecule has 0 aliphatic heterocycles. The molecule has 0 aliphatic rings. The van der Waals surface area contributed by atoms with Crippen molar-refractivity contribution in [3.05, 3.63) is 39.8 Å². The van der Waals surface area contributed by atoms with Crippen LogP contribution in [-0.4, -0.2) is 34.1 Å². The summed E-state index contributed by atoms with van der Waals surface area (Å²) in [6, 6.07) is 5.04. The number of carbonyl (C=O) groups excluding carboxylic acids is 1. The van der Waals surface area contributed by atoms with Crippen LogP contribution in [0.15, 0.2) is 23.0 Å². The largest absolute Gasteiger partial charge is 0.486 e. The lowest BCUT2D eigenvalue weighted by atomic mass is 10.2. The van der Waals surface area contributed by atoms with Crippen molar-refractivity contribution in [3.8, 4) is 10.9 Å². The van der Waals surface area contributed by atoms with Gasteiger partial charge in [-0.05, 0) is 18.2 Å². The van der Waals surface area contributed by atoms with Crippen molar-refractivity contribution in [1.29, 1.82) is 0 Å². The van der Waals surface area contributed by atoms with Gasteiger partial charge in [0, 0.05) is 24.1 Å². The average Bonchev–Trinajstić information content (AvgIpc) is 3.13. The number of fused-ring (bicyclic) bond motifs is 1. The molecule has 0 radical (unpaired) electrons. The van der Waals surface area contributed by atoms with Crippen molar-refractivity contribution in [2.45, 2.75) is 6.54 Å². The first-order valence-electron chi connectivity index (χ1n) is 7.08. The third-order valence-corrected chi connectivity index (χ3v) is 4.52. The molecule has 0 spiro atoms. The predicted octanol–water partition coefficient (Wildman–Crippen LogP) is 1.27. The molecule has 9 heteroatoms. The van der Waals surface area contributed by atoms with Crippen LogP contribution in [0.25, 0.3) is 11.0 Å². The number of hydrogen-bond acceptors (Lipinski definition) is 6. The van der Waals surface area contributed by atoms with E-state index >= 15 is 0 Å². The second kappa shape index (κ2) is 6.36. The number of ether oxygens (including phenoxy) is 2. The Morgan fingerprint density at radius 3 is 2.88 bits per heavy atom. The van der Waals surface area contributed by atoms with Gasteiger partial charge in [0.25, 0.3) is 5.91 Å². The summed E-state index contributed by atoms with van der Waals surface area (Å²) < 4.78 is 16.0. The van der Waals surface area contributed by atoms with E-state index in [4.69, 9.17) is 9.47 Å². The van der Waals surface area contributed by atoms with Crippen LogP contribution in [0.1, 0.15) is 15.9 Å². The fourth-order valence-corrected chi connectivity index (χ4v) is 3.08. The van der Waals surface area contributed by atoms with E-state index in [9.17, 15) is 9.59 Å². The number of aromatic amines is 1. The Morgan fingerprint density at radius 2 is 2.17 bits per heavy atom. The number of aromatic nitrogens is 3. The number of hydrogen-bond donors (Lipinski definition) is 2. The molecule has 126 valence electrons. The van der Waals surface area contributed by atoms with Gasteiger partial charge in [0.1, 0.15) is 0 Å². The highest BCUT2D eigenvalue weighted by Gasteiger charge is 2.17. The first kappa shape index (κ1) is 16.1. The molecule has 0 saturated carbocycles. The quantitative estimate of drug-likeness (QED) is 0.723. The first-order chi connectivity index (χ1) is 11.5. The zero-order chi connectivity index (χ0) is 17.3.